The zero-order valence-electron chi connectivity index (χ0n) is 23.6. The molecule has 1 atom stereocenters. The molecule has 0 unspecified atom stereocenters. The van der Waals surface area contributed by atoms with E-state index in [-0.39, 0.29) is 28.9 Å². The Hall–Kier alpha value is -4.46. The molecule has 0 spiro atoms. The maximum Gasteiger partial charge on any atom is 0.413 e. The molecule has 0 fully saturated rings. The number of rotatable bonds is 8. The minimum Gasteiger partial charge on any atom is -0.456 e. The molecule has 210 valence electrons. The number of benzene rings is 3. The van der Waals surface area contributed by atoms with Crippen molar-refractivity contribution in [2.45, 2.75) is 65.2 Å². The van der Waals surface area contributed by atoms with Crippen LogP contribution in [0.2, 0.25) is 0 Å². The van der Waals surface area contributed by atoms with Crippen molar-refractivity contribution in [3.8, 4) is 5.75 Å². The number of carbonyl (C=O) groups is 4. The van der Waals surface area contributed by atoms with Gasteiger partial charge in [0.2, 0.25) is 0 Å². The summed E-state index contributed by atoms with van der Waals surface area (Å²) in [6.45, 7) is 10.3. The van der Waals surface area contributed by atoms with Crippen LogP contribution in [-0.2, 0) is 9.47 Å². The summed E-state index contributed by atoms with van der Waals surface area (Å²) in [5, 5.41) is 2.76. The van der Waals surface area contributed by atoms with E-state index in [9.17, 15) is 19.2 Å². The number of amides is 1. The van der Waals surface area contributed by atoms with Gasteiger partial charge in [0.1, 0.15) is 17.0 Å². The lowest BCUT2D eigenvalue weighted by Crippen LogP contribution is -2.32. The van der Waals surface area contributed by atoms with E-state index in [0.717, 1.165) is 0 Å². The van der Waals surface area contributed by atoms with Gasteiger partial charge in [0, 0.05) is 12.0 Å². The van der Waals surface area contributed by atoms with E-state index in [2.05, 4.69) is 5.32 Å². The zero-order chi connectivity index (χ0) is 29.5. The average molecular weight is 546 g/mol. The van der Waals surface area contributed by atoms with Crippen molar-refractivity contribution in [1.82, 2.24) is 5.32 Å². The van der Waals surface area contributed by atoms with Gasteiger partial charge in [-0.15, -0.1) is 0 Å². The molecule has 0 radical (unpaired) electrons. The van der Waals surface area contributed by atoms with Gasteiger partial charge in [-0.05, 0) is 71.4 Å². The first-order valence-electron chi connectivity index (χ1n) is 12.9. The van der Waals surface area contributed by atoms with E-state index >= 15 is 0 Å². The maximum atomic E-state index is 13.5. The standard InChI is InChI=1S/C32H35NO7/c1-31(2,3)39-28(35)24-18-17-22(19-25(24)29(36)40-32(4,5)6)27(34)20-26(21-13-9-7-10-14-21)33-30(37)38-23-15-11-8-12-16-23/h7-19,26H,20H2,1-6H3,(H,33,37)/t26-/m1/s1. The van der Waals surface area contributed by atoms with E-state index in [0.29, 0.717) is 11.3 Å². The summed E-state index contributed by atoms with van der Waals surface area (Å²) in [7, 11) is 0. The zero-order valence-corrected chi connectivity index (χ0v) is 23.6. The number of Topliss-reactive ketones (excluding diaryl/α,β-unsaturated/α-hetero) is 1. The van der Waals surface area contributed by atoms with Crippen LogP contribution in [0.4, 0.5) is 4.79 Å². The van der Waals surface area contributed by atoms with Gasteiger partial charge in [-0.2, -0.15) is 0 Å². The van der Waals surface area contributed by atoms with Crippen LogP contribution in [-0.4, -0.2) is 35.0 Å². The smallest absolute Gasteiger partial charge is 0.413 e. The molecule has 3 rings (SSSR count). The minimum atomic E-state index is -0.830. The lowest BCUT2D eigenvalue weighted by molar-refractivity contribution is 0.00186. The van der Waals surface area contributed by atoms with Gasteiger partial charge < -0.3 is 19.5 Å². The molecule has 1 N–H and O–H groups in total. The van der Waals surface area contributed by atoms with Crippen molar-refractivity contribution in [3.63, 3.8) is 0 Å². The van der Waals surface area contributed by atoms with Crippen LogP contribution in [0.25, 0.3) is 0 Å². The first kappa shape index (κ1) is 30.1. The van der Waals surface area contributed by atoms with Gasteiger partial charge in [-0.25, -0.2) is 14.4 Å². The molecule has 8 heteroatoms. The number of nitrogens with one attached hydrogen (secondary N) is 1. The number of esters is 2. The highest BCUT2D eigenvalue weighted by molar-refractivity contribution is 6.06. The Morgan fingerprint density at radius 1 is 0.700 bits per heavy atom. The first-order chi connectivity index (χ1) is 18.7. The Morgan fingerprint density at radius 3 is 1.77 bits per heavy atom. The predicted molar refractivity (Wildman–Crippen MR) is 151 cm³/mol. The Labute approximate surface area is 234 Å². The molecule has 40 heavy (non-hydrogen) atoms. The second-order valence-corrected chi connectivity index (χ2v) is 11.2. The normalized spacial score (nSPS) is 12.2. The number of para-hydroxylation sites is 1. The lowest BCUT2D eigenvalue weighted by Gasteiger charge is -2.23. The molecular weight excluding hydrogens is 510 g/mol. The molecule has 0 bridgehead atoms. The molecule has 3 aromatic rings. The number of hydrogen-bond donors (Lipinski definition) is 1. The van der Waals surface area contributed by atoms with Crippen LogP contribution in [0, 0.1) is 0 Å². The quantitative estimate of drug-likeness (QED) is 0.248. The second kappa shape index (κ2) is 12.6. The highest BCUT2D eigenvalue weighted by Gasteiger charge is 2.28. The van der Waals surface area contributed by atoms with Gasteiger partial charge >= 0.3 is 18.0 Å². The first-order valence-corrected chi connectivity index (χ1v) is 12.9. The molecule has 0 aliphatic rings. The summed E-state index contributed by atoms with van der Waals surface area (Å²) in [5.74, 6) is -1.47. The number of carbonyl (C=O) groups excluding carboxylic acids is 4. The number of ether oxygens (including phenoxy) is 3. The maximum absolute atomic E-state index is 13.5. The molecule has 8 nitrogen and oxygen atoms in total. The summed E-state index contributed by atoms with van der Waals surface area (Å²) >= 11 is 0. The van der Waals surface area contributed by atoms with Gasteiger partial charge in [0.05, 0.1) is 17.2 Å². The predicted octanol–water partition coefficient (Wildman–Crippen LogP) is 6.70. The Bertz CT molecular complexity index is 1350. The monoisotopic (exact) mass is 545 g/mol. The van der Waals surface area contributed by atoms with Gasteiger partial charge in [-0.1, -0.05) is 54.6 Å². The van der Waals surface area contributed by atoms with E-state index in [1.807, 2.05) is 6.07 Å². The summed E-state index contributed by atoms with van der Waals surface area (Å²) in [6, 6.07) is 21.0. The van der Waals surface area contributed by atoms with Crippen LogP contribution in [0.1, 0.15) is 90.6 Å². The van der Waals surface area contributed by atoms with Crippen LogP contribution in [0.15, 0.2) is 78.9 Å². The third-order valence-electron chi connectivity index (χ3n) is 5.42. The molecule has 0 aromatic heterocycles. The fourth-order valence-corrected chi connectivity index (χ4v) is 3.74. The van der Waals surface area contributed by atoms with Crippen molar-refractivity contribution < 1.29 is 33.4 Å². The van der Waals surface area contributed by atoms with Gasteiger partial charge in [0.25, 0.3) is 0 Å². The Morgan fingerprint density at radius 2 is 1.23 bits per heavy atom. The van der Waals surface area contributed by atoms with Gasteiger partial charge in [0.15, 0.2) is 5.78 Å². The van der Waals surface area contributed by atoms with Crippen LogP contribution in [0.5, 0.6) is 5.75 Å². The summed E-state index contributed by atoms with van der Waals surface area (Å²) in [4.78, 5) is 52.1. The minimum absolute atomic E-state index is 0.00935. The van der Waals surface area contributed by atoms with Crippen molar-refractivity contribution in [3.05, 3.63) is 101 Å². The second-order valence-electron chi connectivity index (χ2n) is 11.2. The summed E-state index contributed by atoms with van der Waals surface area (Å²) < 4.78 is 16.3. The molecule has 0 aliphatic heterocycles. The molecule has 0 heterocycles. The van der Waals surface area contributed by atoms with E-state index in [1.54, 1.807) is 96.1 Å². The number of hydrogen-bond acceptors (Lipinski definition) is 7. The highest BCUT2D eigenvalue weighted by Crippen LogP contribution is 2.24. The third kappa shape index (κ3) is 9.08. The Kier molecular flexibility index (Phi) is 9.47. The number of ketones is 1. The molecular formula is C32H35NO7. The van der Waals surface area contributed by atoms with Crippen LogP contribution < -0.4 is 10.1 Å². The van der Waals surface area contributed by atoms with Gasteiger partial charge in [-0.3, -0.25) is 4.79 Å². The molecule has 0 saturated carbocycles. The van der Waals surface area contributed by atoms with Crippen molar-refractivity contribution >= 4 is 23.8 Å². The third-order valence-corrected chi connectivity index (χ3v) is 5.42. The molecule has 1 amide bonds. The van der Waals surface area contributed by atoms with Crippen LogP contribution in [0.3, 0.4) is 0 Å². The topological polar surface area (TPSA) is 108 Å². The SMILES string of the molecule is CC(C)(C)OC(=O)c1ccc(C(=O)C[C@@H](NC(=O)Oc2ccccc2)c2ccccc2)cc1C(=O)OC(C)(C)C. The van der Waals surface area contributed by atoms with E-state index < -0.39 is 35.3 Å². The molecule has 0 aliphatic carbocycles. The summed E-state index contributed by atoms with van der Waals surface area (Å²) in [6.07, 6.45) is -0.851. The van der Waals surface area contributed by atoms with Crippen molar-refractivity contribution in [2.24, 2.45) is 0 Å². The van der Waals surface area contributed by atoms with E-state index in [4.69, 9.17) is 14.2 Å². The highest BCUT2D eigenvalue weighted by atomic mass is 16.6. The van der Waals surface area contributed by atoms with Crippen molar-refractivity contribution in [2.75, 3.05) is 0 Å². The summed E-state index contributed by atoms with van der Waals surface area (Å²) in [5.41, 5.74) is -0.845. The largest absolute Gasteiger partial charge is 0.456 e. The fraction of sp³-hybridized carbons (Fsp3) is 0.312. The molecule has 3 aromatic carbocycles. The van der Waals surface area contributed by atoms with E-state index in [1.165, 1.54) is 18.2 Å². The fourth-order valence-electron chi connectivity index (χ4n) is 3.74. The Balaban J connectivity index is 1.90. The lowest BCUT2D eigenvalue weighted by atomic mass is 9.95. The van der Waals surface area contributed by atoms with Crippen LogP contribution >= 0.6 is 0 Å². The van der Waals surface area contributed by atoms with Crippen molar-refractivity contribution in [1.29, 1.82) is 0 Å². The average Bonchev–Trinajstić information content (AvgIpc) is 2.87. The molecule has 0 saturated heterocycles.